The van der Waals surface area contributed by atoms with Crippen LogP contribution >= 0.6 is 11.3 Å². The molecule has 1 aromatic carbocycles. The molecule has 0 saturated heterocycles. The van der Waals surface area contributed by atoms with Gasteiger partial charge in [-0.3, -0.25) is 10.1 Å². The Hall–Kier alpha value is -2.21. The van der Waals surface area contributed by atoms with Crippen molar-refractivity contribution < 1.29 is 9.32 Å². The van der Waals surface area contributed by atoms with Crippen molar-refractivity contribution in [3.8, 4) is 0 Å². The quantitative estimate of drug-likeness (QED) is 0.773. The van der Waals surface area contributed by atoms with E-state index < -0.39 is 0 Å². The summed E-state index contributed by atoms with van der Waals surface area (Å²) in [6.45, 7) is 4.23. The van der Waals surface area contributed by atoms with Crippen molar-refractivity contribution in [1.29, 1.82) is 0 Å². The Morgan fingerprint density at radius 2 is 2.30 bits per heavy atom. The smallest absolute Gasteiger partial charge is 0.279 e. The highest BCUT2D eigenvalue weighted by molar-refractivity contribution is 7.22. The third-order valence-corrected chi connectivity index (χ3v) is 5.20. The van der Waals surface area contributed by atoms with Gasteiger partial charge < -0.3 is 4.52 Å². The van der Waals surface area contributed by atoms with Crippen molar-refractivity contribution in [2.24, 2.45) is 5.92 Å². The summed E-state index contributed by atoms with van der Waals surface area (Å²) in [4.78, 5) is 17.0. The fourth-order valence-corrected chi connectivity index (χ4v) is 3.96. The van der Waals surface area contributed by atoms with Gasteiger partial charge >= 0.3 is 0 Å². The van der Waals surface area contributed by atoms with Crippen LogP contribution in [0.25, 0.3) is 10.2 Å². The number of anilines is 1. The van der Waals surface area contributed by atoms with Gasteiger partial charge in [0.2, 0.25) is 0 Å². The number of benzene rings is 1. The van der Waals surface area contributed by atoms with Crippen molar-refractivity contribution in [2.75, 3.05) is 5.32 Å². The molecule has 23 heavy (non-hydrogen) atoms. The predicted molar refractivity (Wildman–Crippen MR) is 90.0 cm³/mol. The minimum absolute atomic E-state index is 0.236. The van der Waals surface area contributed by atoms with Crippen LogP contribution in [0.15, 0.2) is 22.7 Å². The van der Waals surface area contributed by atoms with Gasteiger partial charge in [0.1, 0.15) is 5.76 Å². The van der Waals surface area contributed by atoms with Gasteiger partial charge in [-0.25, -0.2) is 4.98 Å². The Balaban J connectivity index is 1.61. The number of aryl methyl sites for hydroxylation is 2. The molecule has 0 bridgehead atoms. The van der Waals surface area contributed by atoms with E-state index in [-0.39, 0.29) is 5.91 Å². The van der Waals surface area contributed by atoms with Crippen LogP contribution in [0.3, 0.4) is 0 Å². The number of nitrogens with zero attached hydrogens (tertiary/aromatic N) is 2. The number of carbonyl (C=O) groups is 1. The SMILES string of the molecule is Cc1ccc2nc(NC(=O)c3noc4c3C[C@@H](C)CC4)sc2c1. The molecule has 0 unspecified atom stereocenters. The van der Waals surface area contributed by atoms with E-state index >= 15 is 0 Å². The molecular weight excluding hydrogens is 310 g/mol. The first-order valence-corrected chi connectivity index (χ1v) is 8.58. The molecule has 2 aromatic heterocycles. The second kappa shape index (κ2) is 5.45. The van der Waals surface area contributed by atoms with Gasteiger partial charge in [0.15, 0.2) is 10.8 Å². The molecular formula is C17H17N3O2S. The lowest BCUT2D eigenvalue weighted by molar-refractivity contribution is 0.101. The maximum absolute atomic E-state index is 12.5. The number of amides is 1. The van der Waals surface area contributed by atoms with Gasteiger partial charge in [0.25, 0.3) is 5.91 Å². The van der Waals surface area contributed by atoms with Crippen molar-refractivity contribution in [1.82, 2.24) is 10.1 Å². The molecule has 1 aliphatic carbocycles. The lowest BCUT2D eigenvalue weighted by atomic mass is 9.88. The molecule has 0 aliphatic heterocycles. The summed E-state index contributed by atoms with van der Waals surface area (Å²) in [6, 6.07) is 6.06. The lowest BCUT2D eigenvalue weighted by Crippen LogP contribution is -2.17. The number of nitrogens with one attached hydrogen (secondary N) is 1. The number of rotatable bonds is 2. The zero-order chi connectivity index (χ0) is 16.0. The Bertz CT molecular complexity index is 897. The Kier molecular flexibility index (Phi) is 3.41. The van der Waals surface area contributed by atoms with Gasteiger partial charge in [0, 0.05) is 12.0 Å². The summed E-state index contributed by atoms with van der Waals surface area (Å²) in [7, 11) is 0. The molecule has 6 heteroatoms. The fourth-order valence-electron chi connectivity index (χ4n) is 3.00. The van der Waals surface area contributed by atoms with Crippen LogP contribution in [0.4, 0.5) is 5.13 Å². The molecule has 1 N–H and O–H groups in total. The topological polar surface area (TPSA) is 68.0 Å². The minimum Gasteiger partial charge on any atom is -0.360 e. The summed E-state index contributed by atoms with van der Waals surface area (Å²) in [5, 5.41) is 7.44. The molecule has 4 rings (SSSR count). The lowest BCUT2D eigenvalue weighted by Gasteiger charge is -2.16. The van der Waals surface area contributed by atoms with Crippen LogP contribution < -0.4 is 5.32 Å². The van der Waals surface area contributed by atoms with Crippen LogP contribution in [-0.2, 0) is 12.8 Å². The molecule has 1 atom stereocenters. The molecule has 1 amide bonds. The molecule has 3 aromatic rings. The maximum atomic E-state index is 12.5. The highest BCUT2D eigenvalue weighted by Crippen LogP contribution is 2.30. The van der Waals surface area contributed by atoms with E-state index in [4.69, 9.17) is 4.52 Å². The van der Waals surface area contributed by atoms with Crippen molar-refractivity contribution in [3.05, 3.63) is 40.8 Å². The van der Waals surface area contributed by atoms with E-state index in [1.165, 1.54) is 16.9 Å². The van der Waals surface area contributed by atoms with Gasteiger partial charge in [-0.2, -0.15) is 0 Å². The first kappa shape index (κ1) is 14.4. The van der Waals surface area contributed by atoms with Crippen molar-refractivity contribution >= 4 is 32.6 Å². The number of carbonyl (C=O) groups excluding carboxylic acids is 1. The summed E-state index contributed by atoms with van der Waals surface area (Å²) in [5.41, 5.74) is 3.44. The van der Waals surface area contributed by atoms with E-state index in [2.05, 4.69) is 28.4 Å². The van der Waals surface area contributed by atoms with Crippen LogP contribution in [0.5, 0.6) is 0 Å². The number of thiazole rings is 1. The average molecular weight is 327 g/mol. The molecule has 0 fully saturated rings. The van der Waals surface area contributed by atoms with Crippen LogP contribution in [-0.4, -0.2) is 16.0 Å². The number of hydrogen-bond donors (Lipinski definition) is 1. The largest absolute Gasteiger partial charge is 0.360 e. The van der Waals surface area contributed by atoms with Gasteiger partial charge in [-0.05, 0) is 43.4 Å². The Labute approximate surface area is 137 Å². The molecule has 5 nitrogen and oxygen atoms in total. The summed E-state index contributed by atoms with van der Waals surface area (Å²) in [5.74, 6) is 1.17. The third-order valence-electron chi connectivity index (χ3n) is 4.27. The zero-order valence-electron chi connectivity index (χ0n) is 13.0. The van der Waals surface area contributed by atoms with Crippen LogP contribution in [0.2, 0.25) is 0 Å². The second-order valence-corrected chi connectivity index (χ2v) is 7.26. The highest BCUT2D eigenvalue weighted by atomic mass is 32.1. The highest BCUT2D eigenvalue weighted by Gasteiger charge is 2.27. The van der Waals surface area contributed by atoms with Gasteiger partial charge in [-0.1, -0.05) is 29.5 Å². The third kappa shape index (κ3) is 2.63. The van der Waals surface area contributed by atoms with Crippen molar-refractivity contribution in [2.45, 2.75) is 33.1 Å². The number of fused-ring (bicyclic) bond motifs is 2. The van der Waals surface area contributed by atoms with E-state index in [0.717, 1.165) is 40.8 Å². The standard InChI is InChI=1S/C17H17N3O2S/c1-9-4-6-13-11(7-9)15(20-22-13)16(21)19-17-18-12-5-3-10(2)8-14(12)23-17/h3,5,8-9H,4,6-7H2,1-2H3,(H,18,19,21)/t9-/m0/s1. The van der Waals surface area contributed by atoms with Gasteiger partial charge in [-0.15, -0.1) is 0 Å². The first-order valence-electron chi connectivity index (χ1n) is 7.76. The molecule has 1 aliphatic rings. The molecule has 2 heterocycles. The van der Waals surface area contributed by atoms with Crippen LogP contribution in [0, 0.1) is 12.8 Å². The van der Waals surface area contributed by atoms with E-state index in [0.29, 0.717) is 16.7 Å². The van der Waals surface area contributed by atoms with Crippen molar-refractivity contribution in [3.63, 3.8) is 0 Å². The van der Waals surface area contributed by atoms with E-state index in [1.807, 2.05) is 19.1 Å². The maximum Gasteiger partial charge on any atom is 0.279 e. The summed E-state index contributed by atoms with van der Waals surface area (Å²) >= 11 is 1.47. The fraction of sp³-hybridized carbons (Fsp3) is 0.353. The van der Waals surface area contributed by atoms with E-state index in [1.54, 1.807) is 0 Å². The molecule has 0 radical (unpaired) electrons. The molecule has 0 saturated carbocycles. The first-order chi connectivity index (χ1) is 11.1. The predicted octanol–water partition coefficient (Wildman–Crippen LogP) is 3.97. The number of hydrogen-bond acceptors (Lipinski definition) is 5. The Morgan fingerprint density at radius 1 is 1.43 bits per heavy atom. The normalized spacial score (nSPS) is 17.2. The molecule has 0 spiro atoms. The monoisotopic (exact) mass is 327 g/mol. The number of aromatic nitrogens is 2. The second-order valence-electron chi connectivity index (χ2n) is 6.23. The zero-order valence-corrected chi connectivity index (χ0v) is 13.9. The summed E-state index contributed by atoms with van der Waals surface area (Å²) < 4.78 is 6.41. The average Bonchev–Trinajstić information content (AvgIpc) is 3.09. The van der Waals surface area contributed by atoms with Crippen LogP contribution in [0.1, 0.15) is 40.7 Å². The molecule has 118 valence electrons. The summed E-state index contributed by atoms with van der Waals surface area (Å²) in [6.07, 6.45) is 2.79. The van der Waals surface area contributed by atoms with E-state index in [9.17, 15) is 4.79 Å². The Morgan fingerprint density at radius 3 is 3.17 bits per heavy atom. The van der Waals surface area contributed by atoms with Gasteiger partial charge in [0.05, 0.1) is 10.2 Å². The minimum atomic E-state index is -0.236.